The summed E-state index contributed by atoms with van der Waals surface area (Å²) in [6.07, 6.45) is 1.06. The van der Waals surface area contributed by atoms with Gasteiger partial charge in [-0.1, -0.05) is 24.3 Å². The number of ketones is 1. The standard InChI is InChI=1S/C14H19BO3/c1-10-9-14(3,4)18-15(17-10)13-7-5-12(6-8-13)11(2)16/h5-8,10H,9H2,1-4H3. The number of benzene rings is 1. The zero-order valence-corrected chi connectivity index (χ0v) is 11.4. The van der Waals surface area contributed by atoms with Crippen molar-refractivity contribution in [3.8, 4) is 0 Å². The van der Waals surface area contributed by atoms with Gasteiger partial charge in [0, 0.05) is 11.7 Å². The van der Waals surface area contributed by atoms with Crippen molar-refractivity contribution in [2.75, 3.05) is 0 Å². The highest BCUT2D eigenvalue weighted by Gasteiger charge is 2.37. The molecule has 1 aliphatic heterocycles. The smallest absolute Gasteiger partial charge is 0.405 e. The highest BCUT2D eigenvalue weighted by molar-refractivity contribution is 6.61. The monoisotopic (exact) mass is 246 g/mol. The van der Waals surface area contributed by atoms with Crippen LogP contribution in [0.15, 0.2) is 24.3 Å². The Labute approximate surface area is 109 Å². The van der Waals surface area contributed by atoms with E-state index >= 15 is 0 Å². The molecule has 18 heavy (non-hydrogen) atoms. The van der Waals surface area contributed by atoms with E-state index in [0.717, 1.165) is 11.9 Å². The first-order valence-electron chi connectivity index (χ1n) is 6.31. The second kappa shape index (κ2) is 4.86. The molecule has 1 aromatic rings. The third kappa shape index (κ3) is 3.00. The fourth-order valence-electron chi connectivity index (χ4n) is 2.34. The first-order valence-corrected chi connectivity index (χ1v) is 6.31. The Bertz CT molecular complexity index is 439. The second-order valence-electron chi connectivity index (χ2n) is 5.54. The first kappa shape index (κ1) is 13.3. The van der Waals surface area contributed by atoms with Crippen LogP contribution in [0, 0.1) is 0 Å². The van der Waals surface area contributed by atoms with Crippen LogP contribution >= 0.6 is 0 Å². The Morgan fingerprint density at radius 1 is 1.33 bits per heavy atom. The maximum atomic E-state index is 11.2. The number of carbonyl (C=O) groups excluding carboxylic acids is 1. The lowest BCUT2D eigenvalue weighted by molar-refractivity contribution is -0.0229. The molecule has 1 aromatic carbocycles. The maximum absolute atomic E-state index is 11.2. The lowest BCUT2D eigenvalue weighted by Gasteiger charge is -2.38. The van der Waals surface area contributed by atoms with E-state index < -0.39 is 0 Å². The molecule has 1 atom stereocenters. The van der Waals surface area contributed by atoms with Gasteiger partial charge < -0.3 is 9.31 Å². The predicted molar refractivity (Wildman–Crippen MR) is 72.2 cm³/mol. The summed E-state index contributed by atoms with van der Waals surface area (Å²) in [6, 6.07) is 7.43. The van der Waals surface area contributed by atoms with Gasteiger partial charge in [0.1, 0.15) is 0 Å². The molecule has 1 unspecified atom stereocenters. The van der Waals surface area contributed by atoms with Crippen LogP contribution in [0.2, 0.25) is 0 Å². The van der Waals surface area contributed by atoms with Crippen LogP contribution < -0.4 is 5.46 Å². The summed E-state index contributed by atoms with van der Waals surface area (Å²) in [6.45, 7) is 7.76. The molecule has 0 bridgehead atoms. The van der Waals surface area contributed by atoms with Gasteiger partial charge in [0.15, 0.2) is 5.78 Å². The molecule has 0 amide bonds. The molecule has 0 N–H and O–H groups in total. The quantitative estimate of drug-likeness (QED) is 0.592. The van der Waals surface area contributed by atoms with Gasteiger partial charge in [-0.25, -0.2) is 0 Å². The van der Waals surface area contributed by atoms with E-state index in [4.69, 9.17) is 9.31 Å². The molecule has 1 saturated heterocycles. The summed E-state index contributed by atoms with van der Waals surface area (Å²) in [5.41, 5.74) is 1.49. The van der Waals surface area contributed by atoms with Crippen LogP contribution in [0.3, 0.4) is 0 Å². The average molecular weight is 246 g/mol. The number of hydrogen-bond donors (Lipinski definition) is 0. The van der Waals surface area contributed by atoms with E-state index in [1.54, 1.807) is 6.92 Å². The van der Waals surface area contributed by atoms with Crippen molar-refractivity contribution < 1.29 is 14.1 Å². The van der Waals surface area contributed by atoms with E-state index in [0.29, 0.717) is 5.56 Å². The Kier molecular flexibility index (Phi) is 3.60. The van der Waals surface area contributed by atoms with Crippen LogP contribution in [0.4, 0.5) is 0 Å². The van der Waals surface area contributed by atoms with Crippen molar-refractivity contribution in [3.05, 3.63) is 29.8 Å². The number of rotatable bonds is 2. The van der Waals surface area contributed by atoms with Crippen molar-refractivity contribution in [1.82, 2.24) is 0 Å². The molecule has 96 valence electrons. The topological polar surface area (TPSA) is 35.5 Å². The van der Waals surface area contributed by atoms with E-state index in [1.807, 2.05) is 24.3 Å². The number of hydrogen-bond acceptors (Lipinski definition) is 3. The first-order chi connectivity index (χ1) is 8.37. The summed E-state index contributed by atoms with van der Waals surface area (Å²) in [5, 5.41) is 0. The van der Waals surface area contributed by atoms with Crippen molar-refractivity contribution in [2.45, 2.75) is 45.8 Å². The summed E-state index contributed by atoms with van der Waals surface area (Å²) >= 11 is 0. The highest BCUT2D eigenvalue weighted by atomic mass is 16.6. The minimum absolute atomic E-state index is 0.0701. The molecule has 0 radical (unpaired) electrons. The Morgan fingerprint density at radius 3 is 2.44 bits per heavy atom. The maximum Gasteiger partial charge on any atom is 0.494 e. The van der Waals surface area contributed by atoms with Crippen LogP contribution in [0.1, 0.15) is 44.5 Å². The molecule has 0 aliphatic carbocycles. The Balaban J connectivity index is 2.18. The summed E-state index contributed by atoms with van der Waals surface area (Å²) in [5.74, 6) is 0.0701. The molecule has 0 spiro atoms. The zero-order valence-electron chi connectivity index (χ0n) is 11.4. The molecule has 4 heteroatoms. The van der Waals surface area contributed by atoms with Gasteiger partial charge in [0.2, 0.25) is 0 Å². The fourth-order valence-corrected chi connectivity index (χ4v) is 2.34. The van der Waals surface area contributed by atoms with E-state index in [1.165, 1.54) is 0 Å². The van der Waals surface area contributed by atoms with Gasteiger partial charge in [0.05, 0.1) is 5.60 Å². The average Bonchev–Trinajstić information content (AvgIpc) is 2.26. The molecule has 0 aromatic heterocycles. The van der Waals surface area contributed by atoms with Gasteiger partial charge in [-0.3, -0.25) is 4.79 Å². The molecular weight excluding hydrogens is 227 g/mol. The Hall–Kier alpha value is -1.13. The van der Waals surface area contributed by atoms with Gasteiger partial charge >= 0.3 is 7.12 Å². The fraction of sp³-hybridized carbons (Fsp3) is 0.500. The zero-order chi connectivity index (χ0) is 13.3. The van der Waals surface area contributed by atoms with Crippen molar-refractivity contribution in [3.63, 3.8) is 0 Å². The molecule has 1 aliphatic rings. The molecule has 1 fully saturated rings. The predicted octanol–water partition coefficient (Wildman–Crippen LogP) is 2.19. The van der Waals surface area contributed by atoms with Gasteiger partial charge in [0.25, 0.3) is 0 Å². The molecule has 1 heterocycles. The number of Topliss-reactive ketones (excluding diaryl/α,β-unsaturated/α-hetero) is 1. The van der Waals surface area contributed by atoms with Crippen molar-refractivity contribution in [1.29, 1.82) is 0 Å². The summed E-state index contributed by atoms with van der Waals surface area (Å²) < 4.78 is 11.7. The normalized spacial score (nSPS) is 22.9. The minimum Gasteiger partial charge on any atom is -0.405 e. The highest BCUT2D eigenvalue weighted by Crippen LogP contribution is 2.25. The Morgan fingerprint density at radius 2 is 1.94 bits per heavy atom. The lowest BCUT2D eigenvalue weighted by atomic mass is 9.74. The van der Waals surface area contributed by atoms with Crippen molar-refractivity contribution >= 4 is 18.4 Å². The molecule has 0 saturated carbocycles. The van der Waals surface area contributed by atoms with Crippen LogP contribution in [0.5, 0.6) is 0 Å². The van der Waals surface area contributed by atoms with E-state index in [-0.39, 0.29) is 24.6 Å². The molecular formula is C14H19BO3. The third-order valence-electron chi connectivity index (χ3n) is 3.15. The van der Waals surface area contributed by atoms with Crippen LogP contribution in [-0.2, 0) is 9.31 Å². The van der Waals surface area contributed by atoms with Gasteiger partial charge in [-0.05, 0) is 39.6 Å². The van der Waals surface area contributed by atoms with E-state index in [2.05, 4.69) is 20.8 Å². The minimum atomic E-state index is -0.343. The number of carbonyl (C=O) groups is 1. The van der Waals surface area contributed by atoms with Gasteiger partial charge in [-0.15, -0.1) is 0 Å². The van der Waals surface area contributed by atoms with Crippen LogP contribution in [-0.4, -0.2) is 24.6 Å². The summed E-state index contributed by atoms with van der Waals surface area (Å²) in [7, 11) is -0.343. The van der Waals surface area contributed by atoms with Crippen molar-refractivity contribution in [2.24, 2.45) is 0 Å². The van der Waals surface area contributed by atoms with Gasteiger partial charge in [-0.2, -0.15) is 0 Å². The largest absolute Gasteiger partial charge is 0.494 e. The summed E-state index contributed by atoms with van der Waals surface area (Å²) in [4.78, 5) is 11.2. The molecule has 3 nitrogen and oxygen atoms in total. The molecule has 2 rings (SSSR count). The second-order valence-corrected chi connectivity index (χ2v) is 5.54. The third-order valence-corrected chi connectivity index (χ3v) is 3.15. The van der Waals surface area contributed by atoms with Crippen LogP contribution in [0.25, 0.3) is 0 Å². The SMILES string of the molecule is CC(=O)c1ccc(B2OC(C)CC(C)(C)O2)cc1. The van der Waals surface area contributed by atoms with E-state index in [9.17, 15) is 4.79 Å². The lowest BCUT2D eigenvalue weighted by Crippen LogP contribution is -2.51.